The molecule has 1 rings (SSSR count). The Kier molecular flexibility index (Phi) is 5.88. The fourth-order valence-electron chi connectivity index (χ4n) is 1.68. The molecule has 0 radical (unpaired) electrons. The molecule has 2 N–H and O–H groups in total. The zero-order chi connectivity index (χ0) is 15.3. The van der Waals surface area contributed by atoms with Crippen molar-refractivity contribution in [1.82, 2.24) is 14.9 Å². The molecular formula is C14H24N4O2. The highest BCUT2D eigenvalue weighted by Gasteiger charge is 2.19. The fourth-order valence-corrected chi connectivity index (χ4v) is 1.68. The molecule has 0 aliphatic carbocycles. The van der Waals surface area contributed by atoms with E-state index in [1.54, 1.807) is 32.1 Å². The third kappa shape index (κ3) is 4.16. The first kappa shape index (κ1) is 16.4. The van der Waals surface area contributed by atoms with Crippen LogP contribution in [0.1, 0.15) is 49.4 Å². The Hall–Kier alpha value is -1.69. The van der Waals surface area contributed by atoms with Crippen molar-refractivity contribution < 1.29 is 9.90 Å². The summed E-state index contributed by atoms with van der Waals surface area (Å²) >= 11 is 0. The van der Waals surface area contributed by atoms with Gasteiger partial charge in [-0.25, -0.2) is 9.97 Å². The number of carbonyl (C=O) groups is 1. The molecule has 0 spiro atoms. The van der Waals surface area contributed by atoms with Crippen LogP contribution in [0, 0.1) is 0 Å². The lowest BCUT2D eigenvalue weighted by Gasteiger charge is -2.19. The lowest BCUT2D eigenvalue weighted by molar-refractivity contribution is 0.0763. The fraction of sp³-hybridized carbons (Fsp3) is 0.643. The number of amides is 1. The van der Waals surface area contributed by atoms with Crippen LogP contribution < -0.4 is 5.32 Å². The SMILES string of the molecule is CNc1cnc(C(C)C)nc1C(=O)N(C)CCC(C)O. The zero-order valence-corrected chi connectivity index (χ0v) is 12.8. The van der Waals surface area contributed by atoms with E-state index in [0.29, 0.717) is 30.2 Å². The number of anilines is 1. The van der Waals surface area contributed by atoms with Gasteiger partial charge in [-0.1, -0.05) is 13.8 Å². The summed E-state index contributed by atoms with van der Waals surface area (Å²) in [6, 6.07) is 0. The second-order valence-corrected chi connectivity index (χ2v) is 5.26. The van der Waals surface area contributed by atoms with E-state index in [0.717, 1.165) is 0 Å². The van der Waals surface area contributed by atoms with Gasteiger partial charge in [-0.2, -0.15) is 0 Å². The molecule has 0 saturated heterocycles. The first-order valence-corrected chi connectivity index (χ1v) is 6.85. The van der Waals surface area contributed by atoms with Crippen molar-refractivity contribution in [2.24, 2.45) is 0 Å². The summed E-state index contributed by atoms with van der Waals surface area (Å²) < 4.78 is 0. The number of nitrogens with zero attached hydrogens (tertiary/aromatic N) is 3. The highest BCUT2D eigenvalue weighted by Crippen LogP contribution is 2.17. The number of aromatic nitrogens is 2. The monoisotopic (exact) mass is 280 g/mol. The highest BCUT2D eigenvalue weighted by atomic mass is 16.3. The van der Waals surface area contributed by atoms with Gasteiger partial charge in [0.1, 0.15) is 5.82 Å². The van der Waals surface area contributed by atoms with Gasteiger partial charge in [0.05, 0.1) is 18.0 Å². The Bertz CT molecular complexity index is 460. The van der Waals surface area contributed by atoms with Crippen LogP contribution >= 0.6 is 0 Å². The van der Waals surface area contributed by atoms with Crippen LogP contribution in [0.5, 0.6) is 0 Å². The molecule has 6 nitrogen and oxygen atoms in total. The predicted octanol–water partition coefficient (Wildman–Crippen LogP) is 1.48. The Morgan fingerprint density at radius 1 is 1.45 bits per heavy atom. The molecular weight excluding hydrogens is 256 g/mol. The predicted molar refractivity (Wildman–Crippen MR) is 78.9 cm³/mol. The van der Waals surface area contributed by atoms with Crippen molar-refractivity contribution in [2.45, 2.75) is 39.2 Å². The topological polar surface area (TPSA) is 78.4 Å². The second-order valence-electron chi connectivity index (χ2n) is 5.26. The van der Waals surface area contributed by atoms with Crippen molar-refractivity contribution in [3.63, 3.8) is 0 Å². The maximum Gasteiger partial charge on any atom is 0.274 e. The van der Waals surface area contributed by atoms with Crippen LogP contribution in [-0.4, -0.2) is 52.6 Å². The van der Waals surface area contributed by atoms with Crippen molar-refractivity contribution in [3.05, 3.63) is 17.7 Å². The normalized spacial score (nSPS) is 12.3. The third-order valence-electron chi connectivity index (χ3n) is 3.02. The number of rotatable bonds is 6. The number of hydrogen-bond acceptors (Lipinski definition) is 5. The van der Waals surface area contributed by atoms with Gasteiger partial charge in [-0.15, -0.1) is 0 Å². The molecule has 6 heteroatoms. The molecule has 1 unspecified atom stereocenters. The van der Waals surface area contributed by atoms with E-state index < -0.39 is 6.10 Å². The zero-order valence-electron chi connectivity index (χ0n) is 12.8. The molecule has 0 aliphatic heterocycles. The maximum atomic E-state index is 12.4. The third-order valence-corrected chi connectivity index (χ3v) is 3.02. The van der Waals surface area contributed by atoms with Crippen molar-refractivity contribution in [1.29, 1.82) is 0 Å². The lowest BCUT2D eigenvalue weighted by Crippen LogP contribution is -2.31. The summed E-state index contributed by atoms with van der Waals surface area (Å²) in [5, 5.41) is 12.2. The van der Waals surface area contributed by atoms with E-state index >= 15 is 0 Å². The summed E-state index contributed by atoms with van der Waals surface area (Å²) in [5.41, 5.74) is 0.989. The molecule has 1 atom stereocenters. The van der Waals surface area contributed by atoms with Gasteiger partial charge in [-0.3, -0.25) is 4.79 Å². The van der Waals surface area contributed by atoms with Crippen molar-refractivity contribution >= 4 is 11.6 Å². The minimum atomic E-state index is -0.425. The van der Waals surface area contributed by atoms with Crippen molar-refractivity contribution in [2.75, 3.05) is 26.0 Å². The van der Waals surface area contributed by atoms with E-state index in [-0.39, 0.29) is 11.8 Å². The van der Waals surface area contributed by atoms with Gasteiger partial charge in [0.25, 0.3) is 5.91 Å². The molecule has 0 fully saturated rings. The molecule has 0 aliphatic rings. The van der Waals surface area contributed by atoms with Gasteiger partial charge in [0.2, 0.25) is 0 Å². The summed E-state index contributed by atoms with van der Waals surface area (Å²) in [6.07, 6.45) is 1.75. The number of hydrogen-bond donors (Lipinski definition) is 2. The molecule has 1 aromatic heterocycles. The van der Waals surface area contributed by atoms with Gasteiger partial charge in [0, 0.05) is 26.6 Å². The molecule has 1 amide bonds. The Morgan fingerprint density at radius 2 is 2.10 bits per heavy atom. The standard InChI is InChI=1S/C14H24N4O2/c1-9(2)13-16-8-11(15-4)12(17-13)14(20)18(5)7-6-10(3)19/h8-10,15,19H,6-7H2,1-5H3. The summed E-state index contributed by atoms with van der Waals surface area (Å²) in [6.45, 7) is 6.17. The van der Waals surface area contributed by atoms with Crippen molar-refractivity contribution in [3.8, 4) is 0 Å². The van der Waals surface area contributed by atoms with E-state index in [1.807, 2.05) is 13.8 Å². The first-order chi connectivity index (χ1) is 9.36. The van der Waals surface area contributed by atoms with Crippen LogP contribution in [0.25, 0.3) is 0 Å². The minimum Gasteiger partial charge on any atom is -0.393 e. The second kappa shape index (κ2) is 7.19. The number of aliphatic hydroxyl groups excluding tert-OH is 1. The van der Waals surface area contributed by atoms with E-state index in [4.69, 9.17) is 0 Å². The number of nitrogens with one attached hydrogen (secondary N) is 1. The largest absolute Gasteiger partial charge is 0.393 e. The summed E-state index contributed by atoms with van der Waals surface area (Å²) in [5.74, 6) is 0.644. The van der Waals surface area contributed by atoms with E-state index in [9.17, 15) is 9.90 Å². The number of aliphatic hydroxyl groups is 1. The lowest BCUT2D eigenvalue weighted by atomic mass is 10.2. The first-order valence-electron chi connectivity index (χ1n) is 6.85. The molecule has 0 aromatic carbocycles. The summed E-state index contributed by atoms with van der Waals surface area (Å²) in [7, 11) is 3.45. The minimum absolute atomic E-state index is 0.162. The van der Waals surface area contributed by atoms with Crippen LogP contribution in [0.3, 0.4) is 0 Å². The molecule has 0 bridgehead atoms. The smallest absolute Gasteiger partial charge is 0.274 e. The molecule has 112 valence electrons. The van der Waals surface area contributed by atoms with E-state index in [1.165, 1.54) is 0 Å². The van der Waals surface area contributed by atoms with E-state index in [2.05, 4.69) is 15.3 Å². The Balaban J connectivity index is 2.97. The van der Waals surface area contributed by atoms with Crippen LogP contribution in [-0.2, 0) is 0 Å². The summed E-state index contributed by atoms with van der Waals surface area (Å²) in [4.78, 5) is 22.6. The van der Waals surface area contributed by atoms with Gasteiger partial charge >= 0.3 is 0 Å². The van der Waals surface area contributed by atoms with Crippen LogP contribution in [0.4, 0.5) is 5.69 Å². The average Bonchev–Trinajstić information content (AvgIpc) is 2.42. The maximum absolute atomic E-state index is 12.4. The Labute approximate surface area is 120 Å². The Morgan fingerprint density at radius 3 is 2.60 bits per heavy atom. The quantitative estimate of drug-likeness (QED) is 0.825. The average molecular weight is 280 g/mol. The molecule has 20 heavy (non-hydrogen) atoms. The molecule has 0 saturated carbocycles. The highest BCUT2D eigenvalue weighted by molar-refractivity contribution is 5.97. The van der Waals surface area contributed by atoms with Crippen LogP contribution in [0.15, 0.2) is 6.20 Å². The molecule has 1 heterocycles. The van der Waals surface area contributed by atoms with Crippen LogP contribution in [0.2, 0.25) is 0 Å². The van der Waals surface area contributed by atoms with Gasteiger partial charge in [-0.05, 0) is 13.3 Å². The molecule has 1 aromatic rings. The number of carbonyl (C=O) groups excluding carboxylic acids is 1. The van der Waals surface area contributed by atoms with Gasteiger partial charge in [0.15, 0.2) is 5.69 Å². The van der Waals surface area contributed by atoms with Gasteiger partial charge < -0.3 is 15.3 Å².